The molecule has 1 amide bonds. The summed E-state index contributed by atoms with van der Waals surface area (Å²) in [6.07, 6.45) is 4.16. The lowest BCUT2D eigenvalue weighted by atomic mass is 10.0. The minimum absolute atomic E-state index is 0.0280. The maximum absolute atomic E-state index is 11.9. The van der Waals surface area contributed by atoms with Crippen LogP contribution in [0.1, 0.15) is 36.0 Å². The van der Waals surface area contributed by atoms with Crippen molar-refractivity contribution in [3.63, 3.8) is 0 Å². The molecule has 2 rings (SSSR count). The maximum Gasteiger partial charge on any atom is 0.252 e. The topological polar surface area (TPSA) is 58.6 Å². The quantitative estimate of drug-likeness (QED) is 0.828. The highest BCUT2D eigenvalue weighted by atomic mass is 32.1. The van der Waals surface area contributed by atoms with Crippen molar-refractivity contribution >= 4 is 17.2 Å². The first-order chi connectivity index (χ1) is 8.76. The standard InChI is InChI=1S/C13H19NO3S/c15-6-7-17-13(4-1-2-5-13)10-14-12(16)11-3-8-18-9-11/h3,8-9,15H,1-2,4-7,10H2,(H,14,16). The highest BCUT2D eigenvalue weighted by Crippen LogP contribution is 2.32. The summed E-state index contributed by atoms with van der Waals surface area (Å²) in [5, 5.41) is 15.5. The van der Waals surface area contributed by atoms with Gasteiger partial charge in [0.2, 0.25) is 0 Å². The molecule has 1 aromatic rings. The van der Waals surface area contributed by atoms with Gasteiger partial charge in [-0.1, -0.05) is 12.8 Å². The van der Waals surface area contributed by atoms with E-state index >= 15 is 0 Å². The number of carbonyl (C=O) groups is 1. The van der Waals surface area contributed by atoms with Crippen LogP contribution < -0.4 is 5.32 Å². The molecule has 5 heteroatoms. The number of nitrogens with one attached hydrogen (secondary N) is 1. The minimum Gasteiger partial charge on any atom is -0.394 e. The zero-order chi connectivity index (χ0) is 12.8. The summed E-state index contributed by atoms with van der Waals surface area (Å²) in [6, 6.07) is 1.82. The lowest BCUT2D eigenvalue weighted by Gasteiger charge is -2.29. The minimum atomic E-state index is -0.269. The molecule has 1 aromatic heterocycles. The van der Waals surface area contributed by atoms with E-state index in [1.165, 1.54) is 11.3 Å². The fourth-order valence-electron chi connectivity index (χ4n) is 2.39. The van der Waals surface area contributed by atoms with Crippen molar-refractivity contribution in [3.8, 4) is 0 Å². The fourth-order valence-corrected chi connectivity index (χ4v) is 3.03. The molecule has 1 aliphatic carbocycles. The summed E-state index contributed by atoms with van der Waals surface area (Å²) < 4.78 is 5.75. The zero-order valence-corrected chi connectivity index (χ0v) is 11.2. The van der Waals surface area contributed by atoms with Gasteiger partial charge >= 0.3 is 0 Å². The predicted molar refractivity (Wildman–Crippen MR) is 70.9 cm³/mol. The van der Waals surface area contributed by atoms with Crippen LogP contribution in [-0.4, -0.2) is 36.4 Å². The van der Waals surface area contributed by atoms with E-state index in [0.29, 0.717) is 18.7 Å². The average molecular weight is 269 g/mol. The van der Waals surface area contributed by atoms with E-state index in [2.05, 4.69) is 5.32 Å². The van der Waals surface area contributed by atoms with Crippen molar-refractivity contribution < 1.29 is 14.6 Å². The number of carbonyl (C=O) groups excluding carboxylic acids is 1. The van der Waals surface area contributed by atoms with Gasteiger partial charge in [0.15, 0.2) is 0 Å². The fraction of sp³-hybridized carbons (Fsp3) is 0.615. The summed E-state index contributed by atoms with van der Waals surface area (Å²) in [7, 11) is 0. The Morgan fingerprint density at radius 1 is 1.50 bits per heavy atom. The first-order valence-corrected chi connectivity index (χ1v) is 7.25. The molecule has 18 heavy (non-hydrogen) atoms. The summed E-state index contributed by atoms with van der Waals surface area (Å²) >= 11 is 1.51. The van der Waals surface area contributed by atoms with Crippen LogP contribution in [0.25, 0.3) is 0 Å². The summed E-state index contributed by atoms with van der Waals surface area (Å²) in [4.78, 5) is 11.9. The Morgan fingerprint density at radius 3 is 2.89 bits per heavy atom. The van der Waals surface area contributed by atoms with Crippen LogP contribution in [0.5, 0.6) is 0 Å². The second-order valence-electron chi connectivity index (χ2n) is 4.66. The highest BCUT2D eigenvalue weighted by Gasteiger charge is 2.35. The number of thiophene rings is 1. The molecule has 0 spiro atoms. The van der Waals surface area contributed by atoms with Gasteiger partial charge in [0.05, 0.1) is 18.8 Å². The summed E-state index contributed by atoms with van der Waals surface area (Å²) in [6.45, 7) is 0.899. The third-order valence-electron chi connectivity index (χ3n) is 3.37. The molecule has 1 aliphatic rings. The van der Waals surface area contributed by atoms with Gasteiger partial charge in [-0.05, 0) is 24.3 Å². The Morgan fingerprint density at radius 2 is 2.28 bits per heavy atom. The second kappa shape index (κ2) is 6.31. The second-order valence-corrected chi connectivity index (χ2v) is 5.44. The lowest BCUT2D eigenvalue weighted by Crippen LogP contribution is -2.43. The molecule has 0 saturated heterocycles. The lowest BCUT2D eigenvalue weighted by molar-refractivity contribution is -0.0511. The zero-order valence-electron chi connectivity index (χ0n) is 10.4. The highest BCUT2D eigenvalue weighted by molar-refractivity contribution is 7.08. The summed E-state index contributed by atoms with van der Waals surface area (Å²) in [5.74, 6) is -0.0462. The predicted octanol–water partition coefficient (Wildman–Crippen LogP) is 1.80. The smallest absolute Gasteiger partial charge is 0.252 e. The van der Waals surface area contributed by atoms with Crippen LogP contribution in [0, 0.1) is 0 Å². The molecule has 1 heterocycles. The number of ether oxygens (including phenoxy) is 1. The Bertz CT molecular complexity index is 372. The van der Waals surface area contributed by atoms with Gasteiger partial charge in [-0.25, -0.2) is 0 Å². The SMILES string of the molecule is O=C(NCC1(OCCO)CCCC1)c1ccsc1. The number of rotatable bonds is 6. The third kappa shape index (κ3) is 3.31. The first kappa shape index (κ1) is 13.5. The molecule has 0 aromatic carbocycles. The average Bonchev–Trinajstić information content (AvgIpc) is 3.05. The van der Waals surface area contributed by atoms with Gasteiger partial charge in [-0.15, -0.1) is 0 Å². The van der Waals surface area contributed by atoms with E-state index in [4.69, 9.17) is 9.84 Å². The van der Waals surface area contributed by atoms with Crippen molar-refractivity contribution in [1.29, 1.82) is 0 Å². The van der Waals surface area contributed by atoms with Crippen LogP contribution in [0.2, 0.25) is 0 Å². The van der Waals surface area contributed by atoms with E-state index in [1.807, 2.05) is 16.8 Å². The molecule has 0 bridgehead atoms. The van der Waals surface area contributed by atoms with Gasteiger partial charge in [0, 0.05) is 17.5 Å². The molecule has 0 aliphatic heterocycles. The molecule has 1 fully saturated rings. The van der Waals surface area contributed by atoms with Crippen molar-refractivity contribution in [2.24, 2.45) is 0 Å². The molecular formula is C13H19NO3S. The third-order valence-corrected chi connectivity index (χ3v) is 4.05. The van der Waals surface area contributed by atoms with E-state index in [9.17, 15) is 4.79 Å². The Labute approximate surface area is 111 Å². The van der Waals surface area contributed by atoms with Crippen LogP contribution in [0.3, 0.4) is 0 Å². The molecular weight excluding hydrogens is 250 g/mol. The van der Waals surface area contributed by atoms with Crippen LogP contribution in [0.4, 0.5) is 0 Å². The van der Waals surface area contributed by atoms with Gasteiger partial charge in [0.1, 0.15) is 0 Å². The van der Waals surface area contributed by atoms with Crippen LogP contribution in [0.15, 0.2) is 16.8 Å². The maximum atomic E-state index is 11.9. The largest absolute Gasteiger partial charge is 0.394 e. The van der Waals surface area contributed by atoms with E-state index in [0.717, 1.165) is 25.7 Å². The van der Waals surface area contributed by atoms with Crippen LogP contribution in [-0.2, 0) is 4.74 Å². The van der Waals surface area contributed by atoms with Crippen molar-refractivity contribution in [2.75, 3.05) is 19.8 Å². The number of aliphatic hydroxyl groups excluding tert-OH is 1. The van der Waals surface area contributed by atoms with Gasteiger partial charge in [0.25, 0.3) is 5.91 Å². The number of amides is 1. The molecule has 4 nitrogen and oxygen atoms in total. The molecule has 100 valence electrons. The first-order valence-electron chi connectivity index (χ1n) is 6.31. The normalized spacial score (nSPS) is 17.8. The Kier molecular flexibility index (Phi) is 4.74. The van der Waals surface area contributed by atoms with Crippen molar-refractivity contribution in [2.45, 2.75) is 31.3 Å². The van der Waals surface area contributed by atoms with Crippen LogP contribution >= 0.6 is 11.3 Å². The number of aliphatic hydroxyl groups is 1. The van der Waals surface area contributed by atoms with Gasteiger partial charge in [-0.2, -0.15) is 11.3 Å². The van der Waals surface area contributed by atoms with Gasteiger partial charge in [-0.3, -0.25) is 4.79 Å². The molecule has 2 N–H and O–H groups in total. The van der Waals surface area contributed by atoms with E-state index in [1.54, 1.807) is 0 Å². The van der Waals surface area contributed by atoms with E-state index in [-0.39, 0.29) is 18.1 Å². The summed E-state index contributed by atoms with van der Waals surface area (Å²) in [5.41, 5.74) is 0.435. The molecule has 1 saturated carbocycles. The van der Waals surface area contributed by atoms with Gasteiger partial charge < -0.3 is 15.2 Å². The molecule has 0 atom stereocenters. The van der Waals surface area contributed by atoms with E-state index < -0.39 is 0 Å². The number of hydrogen-bond donors (Lipinski definition) is 2. The molecule has 0 unspecified atom stereocenters. The Hall–Kier alpha value is -0.910. The Balaban J connectivity index is 1.88. The van der Waals surface area contributed by atoms with Crippen molar-refractivity contribution in [3.05, 3.63) is 22.4 Å². The molecule has 0 radical (unpaired) electrons. The number of hydrogen-bond acceptors (Lipinski definition) is 4. The monoisotopic (exact) mass is 269 g/mol. The van der Waals surface area contributed by atoms with Crippen molar-refractivity contribution in [1.82, 2.24) is 5.32 Å².